The van der Waals surface area contributed by atoms with Gasteiger partial charge in [-0.15, -0.1) is 0 Å². The quantitative estimate of drug-likeness (QED) is 0.565. The molecule has 1 amide bonds. The molecule has 4 heteroatoms. The van der Waals surface area contributed by atoms with Gasteiger partial charge in [0.15, 0.2) is 0 Å². The van der Waals surface area contributed by atoms with E-state index in [2.05, 4.69) is 5.32 Å². The van der Waals surface area contributed by atoms with Crippen LogP contribution in [0.5, 0.6) is 0 Å². The number of carbonyl (C=O) groups excluding carboxylic acids is 1. The number of hydrogen-bond acceptors (Lipinski definition) is 3. The molecular formula is C10H15NO3. The molecule has 1 aliphatic heterocycles. The van der Waals surface area contributed by atoms with E-state index in [1.54, 1.807) is 6.08 Å². The third-order valence-corrected chi connectivity index (χ3v) is 2.88. The Morgan fingerprint density at radius 3 is 3.21 bits per heavy atom. The zero-order valence-corrected chi connectivity index (χ0v) is 7.98. The first-order valence-electron chi connectivity index (χ1n) is 5.04. The number of amides is 1. The molecule has 1 fully saturated rings. The van der Waals surface area contributed by atoms with Crippen LogP contribution < -0.4 is 5.32 Å². The summed E-state index contributed by atoms with van der Waals surface area (Å²) in [7, 11) is 0. The second kappa shape index (κ2) is 4.00. The molecule has 0 spiro atoms. The number of alkyl carbamates (subject to hydrolysis) is 1. The zero-order chi connectivity index (χ0) is 9.97. The Morgan fingerprint density at radius 2 is 2.36 bits per heavy atom. The van der Waals surface area contributed by atoms with E-state index in [-0.39, 0.29) is 18.2 Å². The van der Waals surface area contributed by atoms with Gasteiger partial charge in [0, 0.05) is 12.0 Å². The third-order valence-electron chi connectivity index (χ3n) is 2.88. The lowest BCUT2D eigenvalue weighted by Crippen LogP contribution is -2.48. The van der Waals surface area contributed by atoms with Crippen LogP contribution in [0, 0.1) is 5.92 Å². The van der Waals surface area contributed by atoms with Gasteiger partial charge >= 0.3 is 6.09 Å². The minimum Gasteiger partial charge on any atom is -0.449 e. The summed E-state index contributed by atoms with van der Waals surface area (Å²) < 4.78 is 4.92. The molecule has 0 aromatic heterocycles. The second-order valence-electron chi connectivity index (χ2n) is 3.92. The van der Waals surface area contributed by atoms with Gasteiger partial charge in [-0.2, -0.15) is 0 Å². The minimum absolute atomic E-state index is 0.181. The Labute approximate surface area is 82.9 Å². The van der Waals surface area contributed by atoms with E-state index in [0.717, 1.165) is 19.3 Å². The Bertz CT molecular complexity index is 252. The number of cyclic esters (lactones) is 1. The fourth-order valence-corrected chi connectivity index (χ4v) is 2.01. The summed E-state index contributed by atoms with van der Waals surface area (Å²) in [6.07, 6.45) is 5.52. The van der Waals surface area contributed by atoms with Crippen molar-refractivity contribution in [3.05, 3.63) is 12.2 Å². The van der Waals surface area contributed by atoms with Crippen molar-refractivity contribution in [3.8, 4) is 0 Å². The van der Waals surface area contributed by atoms with Crippen molar-refractivity contribution in [1.29, 1.82) is 0 Å². The lowest BCUT2D eigenvalue weighted by molar-refractivity contribution is 0.0706. The third kappa shape index (κ3) is 2.07. The second-order valence-corrected chi connectivity index (χ2v) is 3.92. The van der Waals surface area contributed by atoms with Crippen molar-refractivity contribution in [3.63, 3.8) is 0 Å². The number of aliphatic hydroxyl groups is 1. The van der Waals surface area contributed by atoms with Gasteiger partial charge in [0.05, 0.1) is 12.7 Å². The summed E-state index contributed by atoms with van der Waals surface area (Å²) in [5.41, 5.74) is 0. The van der Waals surface area contributed by atoms with Crippen molar-refractivity contribution < 1.29 is 14.6 Å². The maximum Gasteiger partial charge on any atom is 0.407 e. The first-order valence-corrected chi connectivity index (χ1v) is 5.04. The molecule has 3 atom stereocenters. The normalized spacial score (nSPS) is 39.8. The highest BCUT2D eigenvalue weighted by Crippen LogP contribution is 2.22. The summed E-state index contributed by atoms with van der Waals surface area (Å²) in [4.78, 5) is 11.0. The van der Waals surface area contributed by atoms with Crippen LogP contribution in [0.4, 0.5) is 4.79 Å². The first kappa shape index (κ1) is 9.52. The molecule has 14 heavy (non-hydrogen) atoms. The van der Waals surface area contributed by atoms with Crippen molar-refractivity contribution in [2.75, 3.05) is 6.61 Å². The highest BCUT2D eigenvalue weighted by Gasteiger charge is 2.29. The van der Waals surface area contributed by atoms with Gasteiger partial charge in [0.25, 0.3) is 0 Å². The van der Waals surface area contributed by atoms with E-state index in [1.807, 2.05) is 6.08 Å². The molecule has 2 aliphatic rings. The van der Waals surface area contributed by atoms with Crippen molar-refractivity contribution in [2.45, 2.75) is 31.4 Å². The lowest BCUT2D eigenvalue weighted by atomic mass is 9.88. The van der Waals surface area contributed by atoms with Gasteiger partial charge < -0.3 is 15.2 Å². The van der Waals surface area contributed by atoms with Gasteiger partial charge in [0.1, 0.15) is 0 Å². The van der Waals surface area contributed by atoms with Gasteiger partial charge in [-0.1, -0.05) is 12.2 Å². The molecule has 0 saturated carbocycles. The number of nitrogens with one attached hydrogen (secondary N) is 1. The number of fused-ring (bicyclic) bond motifs is 1. The van der Waals surface area contributed by atoms with Crippen LogP contribution in [0.25, 0.3) is 0 Å². The summed E-state index contributed by atoms with van der Waals surface area (Å²) in [5.74, 6) is 0.340. The molecule has 0 bridgehead atoms. The molecule has 0 aromatic rings. The van der Waals surface area contributed by atoms with Crippen molar-refractivity contribution >= 4 is 6.09 Å². The van der Waals surface area contributed by atoms with E-state index >= 15 is 0 Å². The predicted molar refractivity (Wildman–Crippen MR) is 50.8 cm³/mol. The molecular weight excluding hydrogens is 182 g/mol. The average molecular weight is 197 g/mol. The molecule has 0 radical (unpaired) electrons. The predicted octanol–water partition coefficient (Wildman–Crippen LogP) is 0.812. The minimum atomic E-state index is -0.339. The van der Waals surface area contributed by atoms with E-state index in [9.17, 15) is 9.90 Å². The molecule has 2 N–H and O–H groups in total. The average Bonchev–Trinajstić information content (AvgIpc) is 2.13. The Balaban J connectivity index is 2.03. The summed E-state index contributed by atoms with van der Waals surface area (Å²) in [6.45, 7) is 0.483. The molecule has 1 saturated heterocycles. The smallest absolute Gasteiger partial charge is 0.407 e. The molecule has 1 aliphatic carbocycles. The highest BCUT2D eigenvalue weighted by atomic mass is 16.6. The fourth-order valence-electron chi connectivity index (χ4n) is 2.01. The molecule has 2 rings (SSSR count). The molecule has 78 valence electrons. The highest BCUT2D eigenvalue weighted by molar-refractivity contribution is 5.68. The first-order chi connectivity index (χ1) is 6.75. The summed E-state index contributed by atoms with van der Waals surface area (Å²) in [6, 6.07) is 0.181. The van der Waals surface area contributed by atoms with Crippen LogP contribution in [-0.4, -0.2) is 30.0 Å². The maximum atomic E-state index is 11.0. The van der Waals surface area contributed by atoms with Gasteiger partial charge in [-0.25, -0.2) is 4.79 Å². The Morgan fingerprint density at radius 1 is 1.50 bits per heavy atom. The number of aliphatic hydroxyl groups excluding tert-OH is 1. The number of hydrogen-bond donors (Lipinski definition) is 2. The van der Waals surface area contributed by atoms with Crippen molar-refractivity contribution in [2.24, 2.45) is 5.92 Å². The standard InChI is InChI=1S/C10H15NO3/c12-8-2-1-3-9-7(4-5-8)6-14-10(13)11-9/h1-2,7-9,12H,3-6H2,(H,11,13)/b2-1-/t7-,8-,9?/m0/s1. The monoisotopic (exact) mass is 197 g/mol. The van der Waals surface area contributed by atoms with Crippen LogP contribution >= 0.6 is 0 Å². The largest absolute Gasteiger partial charge is 0.449 e. The maximum absolute atomic E-state index is 11.0. The summed E-state index contributed by atoms with van der Waals surface area (Å²) in [5, 5.41) is 12.2. The molecule has 4 nitrogen and oxygen atoms in total. The topological polar surface area (TPSA) is 58.6 Å². The van der Waals surface area contributed by atoms with Gasteiger partial charge in [-0.05, 0) is 19.3 Å². The van der Waals surface area contributed by atoms with Crippen LogP contribution in [0.3, 0.4) is 0 Å². The van der Waals surface area contributed by atoms with Gasteiger partial charge in [-0.3, -0.25) is 0 Å². The van der Waals surface area contributed by atoms with E-state index in [0.29, 0.717) is 12.5 Å². The number of carbonyl (C=O) groups is 1. The fraction of sp³-hybridized carbons (Fsp3) is 0.700. The SMILES string of the molecule is O=C1NC2C/C=C\[C@H](O)CC[C@H]2CO1. The lowest BCUT2D eigenvalue weighted by Gasteiger charge is -2.32. The Hall–Kier alpha value is -1.03. The van der Waals surface area contributed by atoms with E-state index < -0.39 is 0 Å². The molecule has 0 aromatic carbocycles. The van der Waals surface area contributed by atoms with Crippen LogP contribution in [0.2, 0.25) is 0 Å². The van der Waals surface area contributed by atoms with Crippen LogP contribution in [0.1, 0.15) is 19.3 Å². The number of ether oxygens (including phenoxy) is 1. The zero-order valence-electron chi connectivity index (χ0n) is 7.98. The number of rotatable bonds is 0. The molecule has 1 unspecified atom stereocenters. The van der Waals surface area contributed by atoms with Crippen molar-refractivity contribution in [1.82, 2.24) is 5.32 Å². The van der Waals surface area contributed by atoms with Crippen LogP contribution in [0.15, 0.2) is 12.2 Å². The summed E-state index contributed by atoms with van der Waals surface area (Å²) >= 11 is 0. The molecule has 1 heterocycles. The van der Waals surface area contributed by atoms with Crippen LogP contribution in [-0.2, 0) is 4.74 Å². The van der Waals surface area contributed by atoms with E-state index in [1.165, 1.54) is 0 Å². The van der Waals surface area contributed by atoms with Gasteiger partial charge in [0.2, 0.25) is 0 Å². The Kier molecular flexibility index (Phi) is 2.72. The van der Waals surface area contributed by atoms with E-state index in [4.69, 9.17) is 4.74 Å².